The van der Waals surface area contributed by atoms with Crippen LogP contribution in [-0.2, 0) is 24.3 Å². The van der Waals surface area contributed by atoms with Gasteiger partial charge in [-0.3, -0.25) is 9.59 Å². The van der Waals surface area contributed by atoms with Crippen molar-refractivity contribution >= 4 is 21.8 Å². The van der Waals surface area contributed by atoms with E-state index in [0.717, 1.165) is 37.1 Å². The number of sulfonamides is 1. The van der Waals surface area contributed by atoms with Crippen LogP contribution in [0.1, 0.15) is 53.9 Å². The van der Waals surface area contributed by atoms with Crippen molar-refractivity contribution in [1.82, 2.24) is 14.9 Å². The molecule has 33 heavy (non-hydrogen) atoms. The van der Waals surface area contributed by atoms with E-state index >= 15 is 0 Å². The lowest BCUT2D eigenvalue weighted by Gasteiger charge is -2.37. The smallest absolute Gasteiger partial charge is 0.243 e. The zero-order valence-electron chi connectivity index (χ0n) is 20.1. The van der Waals surface area contributed by atoms with Crippen molar-refractivity contribution in [2.75, 3.05) is 19.7 Å². The Labute approximate surface area is 196 Å². The summed E-state index contributed by atoms with van der Waals surface area (Å²) in [6.45, 7) is 9.73. The van der Waals surface area contributed by atoms with E-state index < -0.39 is 39.9 Å². The standard InChI is InChI=1S/C23H36FN3O5S/c1-6-23(4,5)26-22(29)21(16(2)3)27(15-18-8-7-13-32-18)20(28)14-25-33(30,31)19-11-9-17(24)10-12-19/h9-12,16,18,21,25H,6-8,13-15H2,1-5H3,(H,26,29)/t18-,21-/m1/s1. The second-order valence-corrected chi connectivity index (χ2v) is 11.1. The van der Waals surface area contributed by atoms with Gasteiger partial charge < -0.3 is 15.0 Å². The molecule has 1 aliphatic rings. The summed E-state index contributed by atoms with van der Waals surface area (Å²) in [7, 11) is -4.03. The van der Waals surface area contributed by atoms with E-state index in [0.29, 0.717) is 13.0 Å². The molecule has 0 saturated carbocycles. The molecule has 8 nitrogen and oxygen atoms in total. The van der Waals surface area contributed by atoms with Crippen molar-refractivity contribution in [3.05, 3.63) is 30.1 Å². The fourth-order valence-electron chi connectivity index (χ4n) is 3.63. The molecule has 0 spiro atoms. The minimum absolute atomic E-state index is 0.148. The summed E-state index contributed by atoms with van der Waals surface area (Å²) in [5.74, 6) is -1.59. The lowest BCUT2D eigenvalue weighted by molar-refractivity contribution is -0.144. The second kappa shape index (κ2) is 11.4. The molecule has 1 aromatic rings. The third-order valence-electron chi connectivity index (χ3n) is 5.86. The van der Waals surface area contributed by atoms with Gasteiger partial charge in [-0.25, -0.2) is 17.5 Å². The van der Waals surface area contributed by atoms with Gasteiger partial charge in [0.25, 0.3) is 0 Å². The third kappa shape index (κ3) is 7.75. The first-order chi connectivity index (χ1) is 15.4. The van der Waals surface area contributed by atoms with Crippen LogP contribution in [0.2, 0.25) is 0 Å². The number of nitrogens with zero attached hydrogens (tertiary/aromatic N) is 1. The van der Waals surface area contributed by atoms with Crippen LogP contribution < -0.4 is 10.0 Å². The van der Waals surface area contributed by atoms with Crippen molar-refractivity contribution < 1.29 is 27.1 Å². The number of hydrogen-bond donors (Lipinski definition) is 2. The van der Waals surface area contributed by atoms with Gasteiger partial charge in [0, 0.05) is 18.7 Å². The van der Waals surface area contributed by atoms with E-state index in [-0.39, 0.29) is 29.4 Å². The number of ether oxygens (including phenoxy) is 1. The normalized spacial score (nSPS) is 17.7. The molecule has 2 N–H and O–H groups in total. The van der Waals surface area contributed by atoms with Crippen molar-refractivity contribution in [2.45, 2.75) is 76.5 Å². The van der Waals surface area contributed by atoms with Crippen LogP contribution in [0.4, 0.5) is 4.39 Å². The second-order valence-electron chi connectivity index (χ2n) is 9.38. The highest BCUT2D eigenvalue weighted by Crippen LogP contribution is 2.20. The fourth-order valence-corrected chi connectivity index (χ4v) is 4.61. The van der Waals surface area contributed by atoms with Crippen LogP contribution in [0.15, 0.2) is 29.2 Å². The lowest BCUT2D eigenvalue weighted by atomic mass is 9.96. The van der Waals surface area contributed by atoms with Gasteiger partial charge in [-0.15, -0.1) is 0 Å². The fraction of sp³-hybridized carbons (Fsp3) is 0.652. The van der Waals surface area contributed by atoms with Crippen LogP contribution in [0.5, 0.6) is 0 Å². The molecule has 2 atom stereocenters. The Hall–Kier alpha value is -2.04. The zero-order valence-corrected chi connectivity index (χ0v) is 20.9. The Kier molecular flexibility index (Phi) is 9.39. The minimum Gasteiger partial charge on any atom is -0.376 e. The number of carbonyl (C=O) groups excluding carboxylic acids is 2. The van der Waals surface area contributed by atoms with Crippen LogP contribution in [-0.4, -0.2) is 62.5 Å². The van der Waals surface area contributed by atoms with E-state index in [1.54, 1.807) is 0 Å². The number of carbonyl (C=O) groups is 2. The first-order valence-corrected chi connectivity index (χ1v) is 12.8. The number of hydrogen-bond acceptors (Lipinski definition) is 5. The molecule has 1 aliphatic heterocycles. The Bertz CT molecular complexity index is 913. The molecule has 0 radical (unpaired) electrons. The molecule has 1 aromatic carbocycles. The summed E-state index contributed by atoms with van der Waals surface area (Å²) >= 11 is 0. The zero-order chi connectivity index (χ0) is 24.8. The van der Waals surface area contributed by atoms with E-state index in [9.17, 15) is 22.4 Å². The first kappa shape index (κ1) is 27.2. The van der Waals surface area contributed by atoms with Crippen molar-refractivity contribution in [3.8, 4) is 0 Å². The molecule has 10 heteroatoms. The lowest BCUT2D eigenvalue weighted by Crippen LogP contribution is -2.59. The third-order valence-corrected chi connectivity index (χ3v) is 7.28. The number of rotatable bonds is 11. The predicted molar refractivity (Wildman–Crippen MR) is 123 cm³/mol. The topological polar surface area (TPSA) is 105 Å². The minimum atomic E-state index is -4.03. The molecular weight excluding hydrogens is 449 g/mol. The van der Waals surface area contributed by atoms with Crippen molar-refractivity contribution in [3.63, 3.8) is 0 Å². The van der Waals surface area contributed by atoms with E-state index in [2.05, 4.69) is 10.0 Å². The maximum Gasteiger partial charge on any atom is 0.243 e. The van der Waals surface area contributed by atoms with Gasteiger partial charge in [0.1, 0.15) is 11.9 Å². The Balaban J connectivity index is 2.23. The number of halogens is 1. The van der Waals surface area contributed by atoms with Crippen LogP contribution in [0.25, 0.3) is 0 Å². The van der Waals surface area contributed by atoms with Crippen molar-refractivity contribution in [2.24, 2.45) is 5.92 Å². The molecule has 1 fully saturated rings. The highest BCUT2D eigenvalue weighted by molar-refractivity contribution is 7.89. The molecular formula is C23H36FN3O5S. The Morgan fingerprint density at radius 2 is 1.88 bits per heavy atom. The summed E-state index contributed by atoms with van der Waals surface area (Å²) in [4.78, 5) is 27.7. The number of benzene rings is 1. The largest absolute Gasteiger partial charge is 0.376 e. The summed E-state index contributed by atoms with van der Waals surface area (Å²) in [6, 6.07) is 3.54. The highest BCUT2D eigenvalue weighted by atomic mass is 32.2. The van der Waals surface area contributed by atoms with E-state index in [4.69, 9.17) is 4.74 Å². The number of nitrogens with one attached hydrogen (secondary N) is 2. The van der Waals surface area contributed by atoms with Gasteiger partial charge in [0.05, 0.1) is 17.5 Å². The van der Waals surface area contributed by atoms with Crippen molar-refractivity contribution in [1.29, 1.82) is 0 Å². The van der Waals surface area contributed by atoms with E-state index in [1.807, 2.05) is 34.6 Å². The molecule has 1 saturated heterocycles. The highest BCUT2D eigenvalue weighted by Gasteiger charge is 2.36. The average Bonchev–Trinajstić information content (AvgIpc) is 3.24. The van der Waals surface area contributed by atoms with Gasteiger partial charge in [-0.2, -0.15) is 0 Å². The Morgan fingerprint density at radius 1 is 1.24 bits per heavy atom. The van der Waals surface area contributed by atoms with Crippen LogP contribution >= 0.6 is 0 Å². The first-order valence-electron chi connectivity index (χ1n) is 11.3. The van der Waals surface area contributed by atoms with Crippen LogP contribution in [0, 0.1) is 11.7 Å². The quantitative estimate of drug-likeness (QED) is 0.501. The Morgan fingerprint density at radius 3 is 2.39 bits per heavy atom. The van der Waals surface area contributed by atoms with Gasteiger partial charge in [-0.1, -0.05) is 20.8 Å². The summed E-state index contributed by atoms with van der Waals surface area (Å²) in [5, 5.41) is 3.00. The summed E-state index contributed by atoms with van der Waals surface area (Å²) in [6.07, 6.45) is 2.13. The summed E-state index contributed by atoms with van der Waals surface area (Å²) in [5.41, 5.74) is -0.451. The number of amides is 2. The van der Waals surface area contributed by atoms with Gasteiger partial charge in [0.15, 0.2) is 0 Å². The monoisotopic (exact) mass is 485 g/mol. The molecule has 186 valence electrons. The van der Waals surface area contributed by atoms with Gasteiger partial charge in [-0.05, 0) is 63.3 Å². The average molecular weight is 486 g/mol. The summed E-state index contributed by atoms with van der Waals surface area (Å²) < 4.78 is 46.3. The molecule has 2 rings (SSSR count). The molecule has 0 aromatic heterocycles. The SMILES string of the molecule is CCC(C)(C)NC(=O)[C@@H](C(C)C)N(C[C@H]1CCCO1)C(=O)CNS(=O)(=O)c1ccc(F)cc1. The maximum atomic E-state index is 13.3. The van der Waals surface area contributed by atoms with Gasteiger partial charge in [0.2, 0.25) is 21.8 Å². The molecule has 2 amide bonds. The molecule has 0 unspecified atom stereocenters. The predicted octanol–water partition coefficient (Wildman–Crippen LogP) is 2.44. The van der Waals surface area contributed by atoms with Gasteiger partial charge >= 0.3 is 0 Å². The molecule has 0 aliphatic carbocycles. The molecule has 1 heterocycles. The maximum absolute atomic E-state index is 13.3. The van der Waals surface area contributed by atoms with Crippen LogP contribution in [0.3, 0.4) is 0 Å². The molecule has 0 bridgehead atoms. The van der Waals surface area contributed by atoms with E-state index in [1.165, 1.54) is 4.90 Å².